The third-order valence-corrected chi connectivity index (χ3v) is 7.59. The van der Waals surface area contributed by atoms with Crippen LogP contribution in [-0.2, 0) is 17.8 Å². The summed E-state index contributed by atoms with van der Waals surface area (Å²) in [5.41, 5.74) is 4.16. The molecule has 3 aliphatic rings. The zero-order valence-corrected chi connectivity index (χ0v) is 22.0. The van der Waals surface area contributed by atoms with Crippen LogP contribution >= 0.6 is 11.6 Å². The lowest BCUT2D eigenvalue weighted by Crippen LogP contribution is -2.45. The number of nitrogens with one attached hydrogen (secondary N) is 1. The van der Waals surface area contributed by atoms with Gasteiger partial charge in [-0.3, -0.25) is 0 Å². The highest BCUT2D eigenvalue weighted by molar-refractivity contribution is 6.33. The van der Waals surface area contributed by atoms with Crippen molar-refractivity contribution in [3.8, 4) is 28.7 Å². The van der Waals surface area contributed by atoms with E-state index in [1.165, 1.54) is 0 Å². The quantitative estimate of drug-likeness (QED) is 0.459. The van der Waals surface area contributed by atoms with Gasteiger partial charge in [0.1, 0.15) is 6.10 Å². The number of fused-ring (bicyclic) bond motifs is 3. The van der Waals surface area contributed by atoms with Gasteiger partial charge in [-0.05, 0) is 41.8 Å². The first-order chi connectivity index (χ1) is 18.5. The van der Waals surface area contributed by atoms with E-state index in [9.17, 15) is 4.79 Å². The predicted octanol–water partition coefficient (Wildman–Crippen LogP) is 5.50. The summed E-state index contributed by atoms with van der Waals surface area (Å²) in [6.45, 7) is 0.855. The second-order valence-electron chi connectivity index (χ2n) is 9.12. The first-order valence-corrected chi connectivity index (χ1v) is 12.6. The molecule has 9 nitrogen and oxygen atoms in total. The molecule has 0 aliphatic carbocycles. The third kappa shape index (κ3) is 3.85. The number of urea groups is 1. The van der Waals surface area contributed by atoms with E-state index < -0.39 is 12.1 Å². The number of para-hydroxylation sites is 1. The molecule has 2 amide bonds. The normalized spacial score (nSPS) is 19.0. The minimum Gasteiger partial charge on any atom is -0.493 e. The number of hydrogen-bond acceptors (Lipinski definition) is 7. The predicted molar refractivity (Wildman–Crippen MR) is 140 cm³/mol. The van der Waals surface area contributed by atoms with Crippen molar-refractivity contribution in [3.63, 3.8) is 0 Å². The van der Waals surface area contributed by atoms with Crippen molar-refractivity contribution in [2.75, 3.05) is 40.0 Å². The molecule has 0 saturated heterocycles. The van der Waals surface area contributed by atoms with E-state index in [1.54, 1.807) is 38.4 Å². The molecular weight excluding hydrogens is 512 g/mol. The standard InChI is InChI=1S/C28H27ClN2O7/c1-33-20-9-8-16-17(24(20)34-2)13-36-25(16)23-22-15(12-21-26(27(22)35-3)38-14-37-21)10-11-31(23)28(32)30-19-7-5-4-6-18(19)29/h4-9,12,23,25H,10-11,13-14H2,1-3H3,(H,30,32)/t23-,25+/m1/s1. The number of rotatable bonds is 5. The summed E-state index contributed by atoms with van der Waals surface area (Å²) in [6, 6.07) is 12.1. The number of amides is 2. The third-order valence-electron chi connectivity index (χ3n) is 7.26. The van der Waals surface area contributed by atoms with Crippen LogP contribution in [0.25, 0.3) is 0 Å². The van der Waals surface area contributed by atoms with Crippen molar-refractivity contribution in [3.05, 3.63) is 69.7 Å². The van der Waals surface area contributed by atoms with Gasteiger partial charge in [-0.1, -0.05) is 29.8 Å². The topological polar surface area (TPSA) is 87.7 Å². The summed E-state index contributed by atoms with van der Waals surface area (Å²) in [4.78, 5) is 15.6. The summed E-state index contributed by atoms with van der Waals surface area (Å²) in [5.74, 6) is 2.93. The zero-order valence-electron chi connectivity index (χ0n) is 21.2. The zero-order chi connectivity index (χ0) is 26.4. The number of nitrogens with zero attached hydrogens (tertiary/aromatic N) is 1. The summed E-state index contributed by atoms with van der Waals surface area (Å²) >= 11 is 6.36. The van der Waals surface area contributed by atoms with Crippen molar-refractivity contribution in [1.29, 1.82) is 0 Å². The van der Waals surface area contributed by atoms with E-state index in [4.69, 9.17) is 40.0 Å². The van der Waals surface area contributed by atoms with Gasteiger partial charge in [0.2, 0.25) is 12.5 Å². The van der Waals surface area contributed by atoms with E-state index in [0.717, 1.165) is 22.3 Å². The van der Waals surface area contributed by atoms with Gasteiger partial charge in [-0.2, -0.15) is 0 Å². The largest absolute Gasteiger partial charge is 0.493 e. The van der Waals surface area contributed by atoms with E-state index in [2.05, 4.69) is 5.32 Å². The molecule has 0 aromatic heterocycles. The van der Waals surface area contributed by atoms with Crippen LogP contribution in [0.4, 0.5) is 10.5 Å². The van der Waals surface area contributed by atoms with Gasteiger partial charge < -0.3 is 38.6 Å². The minimum absolute atomic E-state index is 0.107. The molecule has 0 spiro atoms. The summed E-state index contributed by atoms with van der Waals surface area (Å²) in [5, 5.41) is 3.43. The van der Waals surface area contributed by atoms with E-state index in [0.29, 0.717) is 59.0 Å². The van der Waals surface area contributed by atoms with Crippen molar-refractivity contribution in [2.24, 2.45) is 0 Å². The number of halogens is 1. The number of ether oxygens (including phenoxy) is 6. The maximum absolute atomic E-state index is 13.8. The molecule has 2 atom stereocenters. The average Bonchev–Trinajstić information content (AvgIpc) is 3.58. The number of hydrogen-bond donors (Lipinski definition) is 1. The van der Waals surface area contributed by atoms with Gasteiger partial charge in [0.25, 0.3) is 0 Å². The lowest BCUT2D eigenvalue weighted by Gasteiger charge is -2.41. The Morgan fingerprint density at radius 3 is 2.63 bits per heavy atom. The second-order valence-corrected chi connectivity index (χ2v) is 9.52. The maximum atomic E-state index is 13.8. The molecule has 1 N–H and O–H groups in total. The SMILES string of the molecule is COc1ccc2c(c1OC)CO[C@@H]2[C@H]1c2c(cc3c(c2OC)OCO3)CCN1C(=O)Nc1ccccc1Cl. The average molecular weight is 539 g/mol. The Balaban J connectivity index is 1.49. The Kier molecular flexibility index (Phi) is 6.33. The van der Waals surface area contributed by atoms with Gasteiger partial charge in [0.05, 0.1) is 44.7 Å². The van der Waals surface area contributed by atoms with Crippen LogP contribution in [0.5, 0.6) is 28.7 Å². The number of methoxy groups -OCH3 is 3. The molecule has 0 radical (unpaired) electrons. The summed E-state index contributed by atoms with van der Waals surface area (Å²) in [6.07, 6.45) is 0.0930. The fourth-order valence-corrected chi connectivity index (χ4v) is 5.77. The van der Waals surface area contributed by atoms with Crippen molar-refractivity contribution < 1.29 is 33.2 Å². The molecule has 3 aromatic rings. The van der Waals surface area contributed by atoms with Gasteiger partial charge in [-0.25, -0.2) is 4.79 Å². The molecule has 3 heterocycles. The lowest BCUT2D eigenvalue weighted by atomic mass is 9.85. The molecule has 10 heteroatoms. The minimum atomic E-state index is -0.537. The van der Waals surface area contributed by atoms with Crippen LogP contribution in [0, 0.1) is 0 Å². The number of anilines is 1. The number of carbonyl (C=O) groups excluding carboxylic acids is 1. The molecule has 6 rings (SSSR count). The van der Waals surface area contributed by atoms with E-state index >= 15 is 0 Å². The maximum Gasteiger partial charge on any atom is 0.322 e. The first kappa shape index (κ1) is 24.5. The molecule has 0 fully saturated rings. The molecule has 38 heavy (non-hydrogen) atoms. The Hall–Kier alpha value is -3.82. The van der Waals surface area contributed by atoms with Gasteiger partial charge in [-0.15, -0.1) is 0 Å². The van der Waals surface area contributed by atoms with Crippen molar-refractivity contribution in [2.45, 2.75) is 25.2 Å². The van der Waals surface area contributed by atoms with Crippen LogP contribution < -0.4 is 29.0 Å². The van der Waals surface area contributed by atoms with Crippen LogP contribution in [0.3, 0.4) is 0 Å². The highest BCUT2D eigenvalue weighted by atomic mass is 35.5. The Bertz CT molecular complexity index is 1410. The van der Waals surface area contributed by atoms with Gasteiger partial charge in [0.15, 0.2) is 23.0 Å². The Labute approximate surface area is 225 Å². The fourth-order valence-electron chi connectivity index (χ4n) is 5.58. The molecular formula is C28H27ClN2O7. The lowest BCUT2D eigenvalue weighted by molar-refractivity contribution is 0.00158. The molecule has 0 unspecified atom stereocenters. The molecule has 0 saturated carbocycles. The van der Waals surface area contributed by atoms with Crippen LogP contribution in [-0.4, -0.2) is 45.6 Å². The second kappa shape index (κ2) is 9.81. The highest BCUT2D eigenvalue weighted by Crippen LogP contribution is 2.55. The Morgan fingerprint density at radius 1 is 1.05 bits per heavy atom. The Morgan fingerprint density at radius 2 is 1.87 bits per heavy atom. The number of carbonyl (C=O) groups is 1. The van der Waals surface area contributed by atoms with Crippen LogP contribution in [0.2, 0.25) is 5.02 Å². The monoisotopic (exact) mass is 538 g/mol. The summed E-state index contributed by atoms with van der Waals surface area (Å²) < 4.78 is 35.0. The van der Waals surface area contributed by atoms with Crippen molar-refractivity contribution in [1.82, 2.24) is 4.90 Å². The summed E-state index contributed by atoms with van der Waals surface area (Å²) in [7, 11) is 4.80. The first-order valence-electron chi connectivity index (χ1n) is 12.2. The van der Waals surface area contributed by atoms with Crippen LogP contribution in [0.1, 0.15) is 34.4 Å². The smallest absolute Gasteiger partial charge is 0.322 e. The van der Waals surface area contributed by atoms with Gasteiger partial charge >= 0.3 is 6.03 Å². The molecule has 198 valence electrons. The van der Waals surface area contributed by atoms with Gasteiger partial charge in [0, 0.05) is 17.7 Å². The van der Waals surface area contributed by atoms with E-state index in [1.807, 2.05) is 30.3 Å². The highest BCUT2D eigenvalue weighted by Gasteiger charge is 2.45. The number of benzene rings is 3. The van der Waals surface area contributed by atoms with E-state index in [-0.39, 0.29) is 12.8 Å². The van der Waals surface area contributed by atoms with Crippen molar-refractivity contribution >= 4 is 23.3 Å². The molecule has 3 aliphatic heterocycles. The molecule has 3 aromatic carbocycles. The molecule has 0 bridgehead atoms. The fraction of sp³-hybridized carbons (Fsp3) is 0.321. The van der Waals surface area contributed by atoms with Crippen LogP contribution in [0.15, 0.2) is 42.5 Å².